The van der Waals surface area contributed by atoms with Gasteiger partial charge in [-0.2, -0.15) is 0 Å². The molecule has 0 spiro atoms. The Bertz CT molecular complexity index is 473. The fourth-order valence-electron chi connectivity index (χ4n) is 2.45. The minimum atomic E-state index is -0.520. The molecule has 0 aliphatic heterocycles. The van der Waals surface area contributed by atoms with Crippen LogP contribution in [0.4, 0.5) is 17.3 Å². The molecule has 1 heterocycles. The number of nitrogens with zero attached hydrogens (tertiary/aromatic N) is 3. The van der Waals surface area contributed by atoms with Crippen molar-refractivity contribution in [1.82, 2.24) is 9.97 Å². The van der Waals surface area contributed by atoms with Crippen LogP contribution in [-0.2, 0) is 0 Å². The lowest BCUT2D eigenvalue weighted by Crippen LogP contribution is -2.39. The van der Waals surface area contributed by atoms with Gasteiger partial charge in [0.05, 0.1) is 17.1 Å². The molecule has 0 aromatic carbocycles. The summed E-state index contributed by atoms with van der Waals surface area (Å²) in [6.07, 6.45) is 4.80. The molecule has 1 aromatic rings. The minimum Gasteiger partial charge on any atom is -0.394 e. The molecule has 3 N–H and O–H groups in total. The second kappa shape index (κ2) is 5.35. The van der Waals surface area contributed by atoms with Gasteiger partial charge in [0.1, 0.15) is 6.33 Å². The second-order valence-corrected chi connectivity index (χ2v) is 4.70. The average molecular weight is 267 g/mol. The molecule has 0 unspecified atom stereocenters. The molecule has 19 heavy (non-hydrogen) atoms. The summed E-state index contributed by atoms with van der Waals surface area (Å²) in [7, 11) is 1.57. The van der Waals surface area contributed by atoms with E-state index in [9.17, 15) is 15.2 Å². The van der Waals surface area contributed by atoms with Gasteiger partial charge in [0.2, 0.25) is 11.6 Å². The zero-order valence-corrected chi connectivity index (χ0v) is 10.7. The number of rotatable bonds is 5. The fourth-order valence-corrected chi connectivity index (χ4v) is 2.45. The summed E-state index contributed by atoms with van der Waals surface area (Å²) < 4.78 is 0. The van der Waals surface area contributed by atoms with Gasteiger partial charge in [0.15, 0.2) is 0 Å². The third-order valence-electron chi connectivity index (χ3n) is 3.49. The van der Waals surface area contributed by atoms with Gasteiger partial charge in [0.25, 0.3) is 0 Å². The van der Waals surface area contributed by atoms with E-state index in [1.54, 1.807) is 7.05 Å². The van der Waals surface area contributed by atoms with Gasteiger partial charge in [-0.1, -0.05) is 12.8 Å². The number of aliphatic hydroxyl groups is 1. The Morgan fingerprint density at radius 1 is 1.42 bits per heavy atom. The lowest BCUT2D eigenvalue weighted by Gasteiger charge is -2.28. The van der Waals surface area contributed by atoms with Crippen molar-refractivity contribution in [2.24, 2.45) is 0 Å². The van der Waals surface area contributed by atoms with Crippen LogP contribution in [0.2, 0.25) is 0 Å². The first-order valence-electron chi connectivity index (χ1n) is 6.18. The number of anilines is 2. The summed E-state index contributed by atoms with van der Waals surface area (Å²) in [6.45, 7) is -0.0664. The molecular formula is C11H17N5O3. The summed E-state index contributed by atoms with van der Waals surface area (Å²) in [5, 5.41) is 26.4. The van der Waals surface area contributed by atoms with Crippen molar-refractivity contribution >= 4 is 17.3 Å². The zero-order valence-electron chi connectivity index (χ0n) is 10.7. The van der Waals surface area contributed by atoms with Gasteiger partial charge in [-0.15, -0.1) is 0 Å². The van der Waals surface area contributed by atoms with E-state index in [2.05, 4.69) is 20.6 Å². The molecule has 2 rings (SSSR count). The van der Waals surface area contributed by atoms with Gasteiger partial charge in [-0.3, -0.25) is 10.1 Å². The molecule has 0 atom stereocenters. The summed E-state index contributed by atoms with van der Waals surface area (Å²) in [5.41, 5.74) is -0.700. The highest BCUT2D eigenvalue weighted by Gasteiger charge is 2.36. The Labute approximate surface area is 110 Å². The Kier molecular flexibility index (Phi) is 3.79. The largest absolute Gasteiger partial charge is 0.394 e. The van der Waals surface area contributed by atoms with Gasteiger partial charge >= 0.3 is 5.69 Å². The van der Waals surface area contributed by atoms with E-state index in [0.717, 1.165) is 25.7 Å². The van der Waals surface area contributed by atoms with Crippen molar-refractivity contribution < 1.29 is 10.0 Å². The summed E-state index contributed by atoms with van der Waals surface area (Å²) in [5.74, 6) is 0.314. The van der Waals surface area contributed by atoms with Gasteiger partial charge in [-0.25, -0.2) is 9.97 Å². The fraction of sp³-hybridized carbons (Fsp3) is 0.636. The van der Waals surface area contributed by atoms with Crippen LogP contribution >= 0.6 is 0 Å². The topological polar surface area (TPSA) is 113 Å². The minimum absolute atomic E-state index is 0.0664. The van der Waals surface area contributed by atoms with Crippen molar-refractivity contribution in [2.75, 3.05) is 24.3 Å². The first-order chi connectivity index (χ1) is 9.12. The van der Waals surface area contributed by atoms with Crippen LogP contribution in [0.3, 0.4) is 0 Å². The number of hydrogen-bond donors (Lipinski definition) is 3. The Morgan fingerprint density at radius 2 is 2.05 bits per heavy atom. The Hall–Kier alpha value is -1.96. The van der Waals surface area contributed by atoms with Crippen LogP contribution in [0.1, 0.15) is 25.7 Å². The highest BCUT2D eigenvalue weighted by atomic mass is 16.6. The number of aromatic nitrogens is 2. The van der Waals surface area contributed by atoms with Gasteiger partial charge in [-0.05, 0) is 12.8 Å². The molecule has 104 valence electrons. The quantitative estimate of drug-likeness (QED) is 0.541. The third-order valence-corrected chi connectivity index (χ3v) is 3.49. The van der Waals surface area contributed by atoms with Crippen LogP contribution in [0.15, 0.2) is 6.33 Å². The van der Waals surface area contributed by atoms with E-state index < -0.39 is 10.5 Å². The van der Waals surface area contributed by atoms with E-state index in [1.807, 2.05) is 0 Å². The number of nitro groups is 1. The molecule has 0 saturated heterocycles. The molecule has 1 fully saturated rings. The summed E-state index contributed by atoms with van der Waals surface area (Å²) in [6, 6.07) is 0. The zero-order chi connectivity index (χ0) is 13.9. The summed E-state index contributed by atoms with van der Waals surface area (Å²) in [4.78, 5) is 18.4. The average Bonchev–Trinajstić information content (AvgIpc) is 2.87. The standard InChI is InChI=1S/C11H17N5O3/c1-12-9-8(16(18)19)10(14-7-13-9)15-11(6-17)4-2-3-5-11/h7,17H,2-6H2,1H3,(H2,12,13,14,15). The van der Waals surface area contributed by atoms with E-state index in [1.165, 1.54) is 6.33 Å². The molecule has 1 aliphatic carbocycles. The normalized spacial score (nSPS) is 17.2. The smallest absolute Gasteiger partial charge is 0.353 e. The molecule has 0 amide bonds. The van der Waals surface area contributed by atoms with Crippen LogP contribution in [-0.4, -0.2) is 39.2 Å². The molecule has 0 radical (unpaired) electrons. The molecule has 8 nitrogen and oxygen atoms in total. The van der Waals surface area contributed by atoms with E-state index in [0.29, 0.717) is 0 Å². The monoisotopic (exact) mass is 267 g/mol. The lowest BCUT2D eigenvalue weighted by atomic mass is 9.99. The van der Waals surface area contributed by atoms with Crippen molar-refractivity contribution in [1.29, 1.82) is 0 Å². The van der Waals surface area contributed by atoms with Gasteiger partial charge in [0, 0.05) is 7.05 Å². The maximum atomic E-state index is 11.2. The molecule has 0 bridgehead atoms. The molecule has 8 heteroatoms. The molecule has 1 saturated carbocycles. The second-order valence-electron chi connectivity index (χ2n) is 4.70. The van der Waals surface area contributed by atoms with Crippen molar-refractivity contribution in [3.05, 3.63) is 16.4 Å². The summed E-state index contributed by atoms with van der Waals surface area (Å²) >= 11 is 0. The first kappa shape index (κ1) is 13.5. The van der Waals surface area contributed by atoms with E-state index in [4.69, 9.17) is 0 Å². The van der Waals surface area contributed by atoms with Crippen LogP contribution < -0.4 is 10.6 Å². The van der Waals surface area contributed by atoms with Crippen molar-refractivity contribution in [3.8, 4) is 0 Å². The third kappa shape index (κ3) is 2.58. The predicted molar refractivity (Wildman–Crippen MR) is 70.1 cm³/mol. The SMILES string of the molecule is CNc1ncnc(NC2(CO)CCCC2)c1[N+](=O)[O-]. The van der Waals surface area contributed by atoms with Crippen LogP contribution in [0.25, 0.3) is 0 Å². The maximum absolute atomic E-state index is 11.2. The van der Waals surface area contributed by atoms with E-state index in [-0.39, 0.29) is 23.9 Å². The molecule has 1 aliphatic rings. The molecule has 1 aromatic heterocycles. The van der Waals surface area contributed by atoms with Crippen molar-refractivity contribution in [3.63, 3.8) is 0 Å². The Morgan fingerprint density at radius 3 is 2.58 bits per heavy atom. The Balaban J connectivity index is 2.36. The highest BCUT2D eigenvalue weighted by Crippen LogP contribution is 2.36. The lowest BCUT2D eigenvalue weighted by molar-refractivity contribution is -0.383. The predicted octanol–water partition coefficient (Wildman–Crippen LogP) is 1.14. The number of hydrogen-bond acceptors (Lipinski definition) is 7. The van der Waals surface area contributed by atoms with Gasteiger partial charge < -0.3 is 15.7 Å². The number of nitrogens with one attached hydrogen (secondary N) is 2. The van der Waals surface area contributed by atoms with E-state index >= 15 is 0 Å². The van der Waals surface area contributed by atoms with Crippen molar-refractivity contribution in [2.45, 2.75) is 31.2 Å². The number of aliphatic hydroxyl groups excluding tert-OH is 1. The first-order valence-corrected chi connectivity index (χ1v) is 6.18. The van der Waals surface area contributed by atoms with Crippen LogP contribution in [0.5, 0.6) is 0 Å². The molecular weight excluding hydrogens is 250 g/mol. The maximum Gasteiger partial charge on any atom is 0.353 e. The van der Waals surface area contributed by atoms with Crippen LogP contribution in [0, 0.1) is 10.1 Å². The highest BCUT2D eigenvalue weighted by molar-refractivity contribution is 5.69.